The van der Waals surface area contributed by atoms with Crippen molar-refractivity contribution in [3.63, 3.8) is 0 Å². The average molecular weight is 361 g/mol. The predicted octanol–water partition coefficient (Wildman–Crippen LogP) is 5.31. The summed E-state index contributed by atoms with van der Waals surface area (Å²) in [5.74, 6) is 0. The van der Waals surface area contributed by atoms with Gasteiger partial charge in [-0.1, -0.05) is 78.9 Å². The molecule has 0 radical (unpaired) electrons. The van der Waals surface area contributed by atoms with Crippen molar-refractivity contribution in [2.24, 2.45) is 0 Å². The molecule has 1 aromatic heterocycles. The monoisotopic (exact) mass is 361 g/mol. The fourth-order valence-corrected chi connectivity index (χ4v) is 3.98. The first-order valence-electron chi connectivity index (χ1n) is 9.64. The third-order valence-corrected chi connectivity index (χ3v) is 5.36. The van der Waals surface area contributed by atoms with Crippen LogP contribution in [-0.4, -0.2) is 4.98 Å². The summed E-state index contributed by atoms with van der Waals surface area (Å²) in [6.07, 6.45) is 6.80. The van der Waals surface area contributed by atoms with E-state index in [0.717, 1.165) is 13.0 Å². The number of hydrogen-bond donors (Lipinski definition) is 0. The molecule has 0 unspecified atom stereocenters. The largest absolute Gasteiger partial charge is 0.252 e. The van der Waals surface area contributed by atoms with Crippen LogP contribution in [0.1, 0.15) is 16.8 Å². The zero-order valence-corrected chi connectivity index (χ0v) is 15.6. The highest BCUT2D eigenvalue weighted by Crippen LogP contribution is 2.29. The number of aromatic nitrogens is 2. The summed E-state index contributed by atoms with van der Waals surface area (Å²) in [5, 5.41) is 5.21. The van der Waals surface area contributed by atoms with E-state index in [1.54, 1.807) is 0 Å². The maximum Gasteiger partial charge on any atom is 0.204 e. The number of benzene rings is 4. The van der Waals surface area contributed by atoms with E-state index in [9.17, 15) is 0 Å². The van der Waals surface area contributed by atoms with Gasteiger partial charge in [0.2, 0.25) is 5.69 Å². The molecule has 0 spiro atoms. The average Bonchev–Trinajstić information content (AvgIpc) is 2.75. The van der Waals surface area contributed by atoms with E-state index in [1.165, 1.54) is 38.4 Å². The normalized spacial score (nSPS) is 11.1. The summed E-state index contributed by atoms with van der Waals surface area (Å²) >= 11 is 0. The fraction of sp³-hybridized carbons (Fsp3) is 0.0769. The highest BCUT2D eigenvalue weighted by Gasteiger charge is 2.16. The van der Waals surface area contributed by atoms with Crippen molar-refractivity contribution in [3.05, 3.63) is 120 Å². The van der Waals surface area contributed by atoms with Crippen molar-refractivity contribution < 1.29 is 4.57 Å². The van der Waals surface area contributed by atoms with Gasteiger partial charge in [0, 0.05) is 5.56 Å². The summed E-state index contributed by atoms with van der Waals surface area (Å²) in [5.41, 5.74) is 3.87. The van der Waals surface area contributed by atoms with Crippen LogP contribution in [-0.2, 0) is 13.0 Å². The zero-order valence-electron chi connectivity index (χ0n) is 15.6. The highest BCUT2D eigenvalue weighted by molar-refractivity contribution is 6.02. The van der Waals surface area contributed by atoms with E-state index in [2.05, 4.69) is 101 Å². The molecule has 2 heteroatoms. The molecule has 0 amide bonds. The molecule has 5 rings (SSSR count). The lowest BCUT2D eigenvalue weighted by atomic mass is 9.94. The molecule has 28 heavy (non-hydrogen) atoms. The lowest BCUT2D eigenvalue weighted by Gasteiger charge is -2.11. The molecule has 0 saturated heterocycles. The topological polar surface area (TPSA) is 16.8 Å². The first kappa shape index (κ1) is 16.6. The molecule has 2 nitrogen and oxygen atoms in total. The minimum Gasteiger partial charge on any atom is -0.252 e. The summed E-state index contributed by atoms with van der Waals surface area (Å²) in [7, 11) is 0. The second-order valence-corrected chi connectivity index (χ2v) is 7.16. The Bertz CT molecular complexity index is 1210. The summed E-state index contributed by atoms with van der Waals surface area (Å²) in [6.45, 7) is 0.849. The molecule has 0 bridgehead atoms. The van der Waals surface area contributed by atoms with Gasteiger partial charge in [-0.05, 0) is 33.2 Å². The maximum atomic E-state index is 4.42. The first-order valence-corrected chi connectivity index (χ1v) is 9.64. The van der Waals surface area contributed by atoms with Crippen LogP contribution in [0.3, 0.4) is 0 Å². The third-order valence-electron chi connectivity index (χ3n) is 5.36. The van der Waals surface area contributed by atoms with Crippen LogP contribution in [0.25, 0.3) is 21.5 Å². The third kappa shape index (κ3) is 3.14. The van der Waals surface area contributed by atoms with Crippen LogP contribution in [0.2, 0.25) is 0 Å². The Kier molecular flexibility index (Phi) is 4.30. The molecule has 0 saturated carbocycles. The Labute approximate surface area is 164 Å². The summed E-state index contributed by atoms with van der Waals surface area (Å²) < 4.78 is 2.30. The van der Waals surface area contributed by atoms with E-state index in [0.29, 0.717) is 0 Å². The molecule has 0 aliphatic rings. The summed E-state index contributed by atoms with van der Waals surface area (Å²) in [4.78, 5) is 4.42. The minimum absolute atomic E-state index is 0.849. The van der Waals surface area contributed by atoms with Crippen molar-refractivity contribution in [1.82, 2.24) is 4.98 Å². The van der Waals surface area contributed by atoms with Crippen LogP contribution in [0.15, 0.2) is 104 Å². The molecule has 0 fully saturated rings. The van der Waals surface area contributed by atoms with Gasteiger partial charge in [-0.15, -0.1) is 0 Å². The quantitative estimate of drug-likeness (QED) is 0.313. The Balaban J connectivity index is 1.64. The smallest absolute Gasteiger partial charge is 0.204 e. The van der Waals surface area contributed by atoms with E-state index in [4.69, 9.17) is 0 Å². The standard InChI is InChI=1S/C26H21N2/c1-2-8-20(9-3-1)19-28-15-14-27-18-23(28)17-26-24-12-6-4-10-21(24)16-22-11-5-7-13-25(22)26/h1-16,18H,17,19H2/q+1. The molecule has 0 aliphatic carbocycles. The van der Waals surface area contributed by atoms with Gasteiger partial charge < -0.3 is 0 Å². The Morgan fingerprint density at radius 2 is 1.36 bits per heavy atom. The molecule has 4 aromatic carbocycles. The minimum atomic E-state index is 0.849. The Morgan fingerprint density at radius 1 is 0.714 bits per heavy atom. The highest BCUT2D eigenvalue weighted by atomic mass is 15.0. The lowest BCUT2D eigenvalue weighted by molar-refractivity contribution is -0.695. The summed E-state index contributed by atoms with van der Waals surface area (Å²) in [6, 6.07) is 30.2. The van der Waals surface area contributed by atoms with Gasteiger partial charge in [-0.25, -0.2) is 0 Å². The number of rotatable bonds is 4. The van der Waals surface area contributed by atoms with Gasteiger partial charge in [0.1, 0.15) is 0 Å². The number of hydrogen-bond acceptors (Lipinski definition) is 1. The van der Waals surface area contributed by atoms with Crippen molar-refractivity contribution in [2.75, 3.05) is 0 Å². The van der Waals surface area contributed by atoms with E-state index < -0.39 is 0 Å². The Morgan fingerprint density at radius 3 is 2.07 bits per heavy atom. The van der Waals surface area contributed by atoms with Crippen LogP contribution in [0.4, 0.5) is 0 Å². The number of fused-ring (bicyclic) bond motifs is 2. The first-order chi connectivity index (χ1) is 13.9. The van der Waals surface area contributed by atoms with E-state index in [-0.39, 0.29) is 0 Å². The second-order valence-electron chi connectivity index (χ2n) is 7.16. The van der Waals surface area contributed by atoms with Crippen molar-refractivity contribution in [3.8, 4) is 0 Å². The van der Waals surface area contributed by atoms with Gasteiger partial charge in [0.15, 0.2) is 12.7 Å². The molecular formula is C26H21N2+. The zero-order chi connectivity index (χ0) is 18.8. The van der Waals surface area contributed by atoms with E-state index >= 15 is 0 Å². The van der Waals surface area contributed by atoms with Crippen LogP contribution in [0.5, 0.6) is 0 Å². The molecule has 134 valence electrons. The van der Waals surface area contributed by atoms with Gasteiger partial charge in [0.05, 0.1) is 18.8 Å². The molecule has 0 atom stereocenters. The molecule has 0 N–H and O–H groups in total. The second kappa shape index (κ2) is 7.24. The maximum absolute atomic E-state index is 4.42. The molecule has 0 aliphatic heterocycles. The van der Waals surface area contributed by atoms with Crippen LogP contribution >= 0.6 is 0 Å². The van der Waals surface area contributed by atoms with Crippen LogP contribution in [0, 0.1) is 0 Å². The molecule has 5 aromatic rings. The van der Waals surface area contributed by atoms with Gasteiger partial charge >= 0.3 is 0 Å². The lowest BCUT2D eigenvalue weighted by Crippen LogP contribution is -2.39. The fourth-order valence-electron chi connectivity index (χ4n) is 3.98. The number of nitrogens with zero attached hydrogens (tertiary/aromatic N) is 2. The predicted molar refractivity (Wildman–Crippen MR) is 114 cm³/mol. The van der Waals surface area contributed by atoms with Crippen molar-refractivity contribution in [1.29, 1.82) is 0 Å². The SMILES string of the molecule is c1ccc(C[n+]2ccncc2Cc2c3ccccc3cc3ccccc23)cc1. The van der Waals surface area contributed by atoms with Crippen molar-refractivity contribution >= 4 is 21.5 Å². The molecular weight excluding hydrogens is 340 g/mol. The van der Waals surface area contributed by atoms with Crippen molar-refractivity contribution in [2.45, 2.75) is 13.0 Å². The van der Waals surface area contributed by atoms with Crippen LogP contribution < -0.4 is 4.57 Å². The van der Waals surface area contributed by atoms with Gasteiger partial charge in [-0.3, -0.25) is 4.98 Å². The van der Waals surface area contributed by atoms with Gasteiger partial charge in [-0.2, -0.15) is 4.57 Å². The molecule has 1 heterocycles. The van der Waals surface area contributed by atoms with E-state index in [1.807, 2.05) is 12.4 Å². The Hall–Kier alpha value is -3.52. The van der Waals surface area contributed by atoms with Gasteiger partial charge in [0.25, 0.3) is 0 Å².